The lowest BCUT2D eigenvalue weighted by Crippen LogP contribution is -2.22. The Kier molecular flexibility index (Phi) is 5.24. The number of aryl methyl sites for hydroxylation is 1. The minimum atomic E-state index is -3.88. The number of halogens is 1. The molecule has 0 atom stereocenters. The normalized spacial score (nSPS) is 16.7. The van der Waals surface area contributed by atoms with Crippen molar-refractivity contribution in [2.45, 2.75) is 24.7 Å². The van der Waals surface area contributed by atoms with Crippen LogP contribution in [-0.2, 0) is 18.5 Å². The molecule has 1 aromatic rings. The van der Waals surface area contributed by atoms with Gasteiger partial charge >= 0.3 is 5.97 Å². The van der Waals surface area contributed by atoms with Gasteiger partial charge in [-0.05, 0) is 43.4 Å². The first-order chi connectivity index (χ1) is 9.88. The first kappa shape index (κ1) is 16.3. The summed E-state index contributed by atoms with van der Waals surface area (Å²) in [4.78, 5) is 11.9. The number of carbonyl (C=O) groups is 1. The molecule has 0 radical (unpaired) electrons. The molecule has 1 heterocycles. The largest absolute Gasteiger partial charge is 0.462 e. The van der Waals surface area contributed by atoms with Crippen LogP contribution in [0.25, 0.3) is 0 Å². The zero-order chi connectivity index (χ0) is 15.5. The third-order valence-corrected chi connectivity index (χ3v) is 4.94. The van der Waals surface area contributed by atoms with Crippen LogP contribution in [0.4, 0.5) is 0 Å². The standard InChI is InChI=1S/C14H17ClO5S/c1-10-2-3-12(8-13(10)21(15,17)18)14(16)20-9-11-4-6-19-7-5-11/h2-3,8,11H,4-7,9H2,1H3. The van der Waals surface area contributed by atoms with Gasteiger partial charge in [0.2, 0.25) is 0 Å². The van der Waals surface area contributed by atoms with Crippen molar-refractivity contribution in [2.24, 2.45) is 5.92 Å². The van der Waals surface area contributed by atoms with Crippen LogP contribution >= 0.6 is 10.7 Å². The van der Waals surface area contributed by atoms with Crippen LogP contribution in [-0.4, -0.2) is 34.2 Å². The van der Waals surface area contributed by atoms with Crippen LogP contribution < -0.4 is 0 Å². The highest BCUT2D eigenvalue weighted by Crippen LogP contribution is 2.22. The summed E-state index contributed by atoms with van der Waals surface area (Å²) in [5.74, 6) is -0.243. The lowest BCUT2D eigenvalue weighted by atomic mass is 10.0. The summed E-state index contributed by atoms with van der Waals surface area (Å²) in [5, 5.41) is 0. The molecule has 0 aliphatic carbocycles. The Morgan fingerprint density at radius 3 is 2.67 bits per heavy atom. The van der Waals surface area contributed by atoms with Gasteiger partial charge in [-0.3, -0.25) is 0 Å². The summed E-state index contributed by atoms with van der Waals surface area (Å²) in [6, 6.07) is 4.33. The van der Waals surface area contributed by atoms with Crippen LogP contribution in [0.5, 0.6) is 0 Å². The Morgan fingerprint density at radius 1 is 1.38 bits per heavy atom. The number of esters is 1. The van der Waals surface area contributed by atoms with Gasteiger partial charge in [0.05, 0.1) is 17.1 Å². The number of ether oxygens (including phenoxy) is 2. The average Bonchev–Trinajstić information content (AvgIpc) is 2.45. The molecule has 1 fully saturated rings. The molecular weight excluding hydrogens is 316 g/mol. The highest BCUT2D eigenvalue weighted by Gasteiger charge is 2.19. The van der Waals surface area contributed by atoms with Crippen molar-refractivity contribution < 1.29 is 22.7 Å². The Hall–Kier alpha value is -1.11. The van der Waals surface area contributed by atoms with Crippen molar-refractivity contribution in [3.63, 3.8) is 0 Å². The molecule has 5 nitrogen and oxygen atoms in total. The molecule has 0 aromatic heterocycles. The summed E-state index contributed by atoms with van der Waals surface area (Å²) in [5.41, 5.74) is 0.679. The highest BCUT2D eigenvalue weighted by molar-refractivity contribution is 8.13. The number of benzene rings is 1. The molecule has 7 heteroatoms. The summed E-state index contributed by atoms with van der Waals surface area (Å²) in [6.07, 6.45) is 1.73. The summed E-state index contributed by atoms with van der Waals surface area (Å²) in [6.45, 7) is 3.30. The van der Waals surface area contributed by atoms with E-state index in [2.05, 4.69) is 0 Å². The van der Waals surface area contributed by atoms with E-state index in [1.807, 2.05) is 0 Å². The molecule has 1 saturated heterocycles. The molecule has 21 heavy (non-hydrogen) atoms. The minimum Gasteiger partial charge on any atom is -0.462 e. The molecule has 1 aliphatic heterocycles. The zero-order valence-corrected chi connectivity index (χ0v) is 13.2. The second kappa shape index (κ2) is 6.77. The SMILES string of the molecule is Cc1ccc(C(=O)OCC2CCOCC2)cc1S(=O)(=O)Cl. The number of hydrogen-bond donors (Lipinski definition) is 0. The quantitative estimate of drug-likeness (QED) is 0.626. The van der Waals surface area contributed by atoms with Crippen LogP contribution in [0.2, 0.25) is 0 Å². The van der Waals surface area contributed by atoms with Gasteiger partial charge in [-0.1, -0.05) is 6.07 Å². The summed E-state index contributed by atoms with van der Waals surface area (Å²) >= 11 is 0. The maximum absolute atomic E-state index is 12.0. The van der Waals surface area contributed by atoms with E-state index in [1.165, 1.54) is 12.1 Å². The van der Waals surface area contributed by atoms with Gasteiger partial charge in [0.15, 0.2) is 0 Å². The van der Waals surface area contributed by atoms with E-state index >= 15 is 0 Å². The van der Waals surface area contributed by atoms with Gasteiger partial charge in [0.1, 0.15) is 0 Å². The highest BCUT2D eigenvalue weighted by atomic mass is 35.7. The molecular formula is C14H17ClO5S. The molecule has 1 aliphatic rings. The molecule has 1 aromatic carbocycles. The van der Waals surface area contributed by atoms with Crippen molar-refractivity contribution in [1.82, 2.24) is 0 Å². The fraction of sp³-hybridized carbons (Fsp3) is 0.500. The van der Waals surface area contributed by atoms with E-state index < -0.39 is 15.0 Å². The van der Waals surface area contributed by atoms with Gasteiger partial charge in [0.25, 0.3) is 9.05 Å². The molecule has 2 rings (SSSR count). The van der Waals surface area contributed by atoms with Crippen molar-refractivity contribution in [3.05, 3.63) is 29.3 Å². The predicted molar refractivity (Wildman–Crippen MR) is 78.0 cm³/mol. The number of rotatable bonds is 4. The Labute approximate surface area is 128 Å². The third kappa shape index (κ3) is 4.43. The van der Waals surface area contributed by atoms with E-state index in [1.54, 1.807) is 13.0 Å². The van der Waals surface area contributed by atoms with Crippen LogP contribution in [0.3, 0.4) is 0 Å². The van der Waals surface area contributed by atoms with Crippen molar-refractivity contribution in [2.75, 3.05) is 19.8 Å². The van der Waals surface area contributed by atoms with E-state index in [9.17, 15) is 13.2 Å². The van der Waals surface area contributed by atoms with Gasteiger partial charge in [0, 0.05) is 23.9 Å². The molecule has 116 valence electrons. The van der Waals surface area contributed by atoms with Gasteiger partial charge in [-0.2, -0.15) is 0 Å². The second-order valence-electron chi connectivity index (χ2n) is 5.07. The molecule has 0 saturated carbocycles. The topological polar surface area (TPSA) is 69.7 Å². The van der Waals surface area contributed by atoms with Crippen LogP contribution in [0.15, 0.2) is 23.1 Å². The fourth-order valence-corrected chi connectivity index (χ4v) is 3.40. The number of carbonyl (C=O) groups excluding carboxylic acids is 1. The molecule has 0 bridgehead atoms. The monoisotopic (exact) mass is 332 g/mol. The zero-order valence-electron chi connectivity index (χ0n) is 11.7. The van der Waals surface area contributed by atoms with Crippen LogP contribution in [0, 0.1) is 12.8 Å². The lowest BCUT2D eigenvalue weighted by molar-refractivity contribution is 0.0185. The van der Waals surface area contributed by atoms with Gasteiger partial charge < -0.3 is 9.47 Å². The Balaban J connectivity index is 2.05. The first-order valence-electron chi connectivity index (χ1n) is 6.68. The number of hydrogen-bond acceptors (Lipinski definition) is 5. The Bertz CT molecular complexity index is 620. The molecule has 0 unspecified atom stereocenters. The van der Waals surface area contributed by atoms with E-state index in [0.29, 0.717) is 31.3 Å². The Morgan fingerprint density at radius 2 is 2.05 bits per heavy atom. The van der Waals surface area contributed by atoms with E-state index in [4.69, 9.17) is 20.2 Å². The van der Waals surface area contributed by atoms with Crippen LogP contribution in [0.1, 0.15) is 28.8 Å². The fourth-order valence-electron chi connectivity index (χ4n) is 2.18. The maximum atomic E-state index is 12.0. The van der Waals surface area contributed by atoms with Crippen molar-refractivity contribution in [3.8, 4) is 0 Å². The van der Waals surface area contributed by atoms with Crippen molar-refractivity contribution in [1.29, 1.82) is 0 Å². The summed E-state index contributed by atoms with van der Waals surface area (Å²) < 4.78 is 33.3. The third-order valence-electron chi connectivity index (χ3n) is 3.48. The second-order valence-corrected chi connectivity index (χ2v) is 7.61. The first-order valence-corrected chi connectivity index (χ1v) is 8.99. The summed E-state index contributed by atoms with van der Waals surface area (Å²) in [7, 11) is 1.47. The van der Waals surface area contributed by atoms with E-state index in [-0.39, 0.29) is 10.5 Å². The van der Waals surface area contributed by atoms with Crippen molar-refractivity contribution >= 4 is 25.7 Å². The lowest BCUT2D eigenvalue weighted by Gasteiger charge is -2.21. The van der Waals surface area contributed by atoms with Gasteiger partial charge in [-0.15, -0.1) is 0 Å². The predicted octanol–water partition coefficient (Wildman–Crippen LogP) is 2.51. The van der Waals surface area contributed by atoms with E-state index in [0.717, 1.165) is 12.8 Å². The molecule has 0 spiro atoms. The average molecular weight is 333 g/mol. The van der Waals surface area contributed by atoms with Gasteiger partial charge in [-0.25, -0.2) is 13.2 Å². The molecule has 0 N–H and O–H groups in total. The smallest absolute Gasteiger partial charge is 0.338 e. The molecule has 0 amide bonds. The maximum Gasteiger partial charge on any atom is 0.338 e. The minimum absolute atomic E-state index is 0.0651.